The minimum absolute atomic E-state index is 0.829. The largest absolute Gasteiger partial charge is 0.314 e. The molecule has 0 saturated heterocycles. The molecular weight excluding hydrogens is 190 g/mol. The Balaban J connectivity index is 2.14. The van der Waals surface area contributed by atoms with Crippen LogP contribution in [0.25, 0.3) is 0 Å². The van der Waals surface area contributed by atoms with Gasteiger partial charge in [-0.05, 0) is 50.2 Å². The number of thioether (sulfide) groups is 1. The smallest absolute Gasteiger partial charge is 0.00697 e. The zero-order valence-corrected chi connectivity index (χ0v) is 10.5. The lowest BCUT2D eigenvalue weighted by Gasteiger charge is -2.29. The van der Waals surface area contributed by atoms with Crippen molar-refractivity contribution in [2.24, 2.45) is 5.92 Å². The van der Waals surface area contributed by atoms with Gasteiger partial charge in [-0.2, -0.15) is 11.8 Å². The van der Waals surface area contributed by atoms with Crippen molar-refractivity contribution in [3.05, 3.63) is 0 Å². The van der Waals surface area contributed by atoms with Gasteiger partial charge in [-0.15, -0.1) is 0 Å². The molecule has 1 rings (SSSR count). The van der Waals surface area contributed by atoms with E-state index in [0.29, 0.717) is 0 Å². The Hall–Kier alpha value is 0.310. The van der Waals surface area contributed by atoms with Crippen LogP contribution in [0.2, 0.25) is 0 Å². The van der Waals surface area contributed by atoms with Gasteiger partial charge in [-0.1, -0.05) is 19.8 Å². The Kier molecular flexibility index (Phi) is 6.70. The van der Waals surface area contributed by atoms with Crippen LogP contribution in [-0.4, -0.2) is 24.6 Å². The van der Waals surface area contributed by atoms with E-state index in [9.17, 15) is 0 Å². The predicted octanol–water partition coefficient (Wildman–Crippen LogP) is 3.30. The van der Waals surface area contributed by atoms with Crippen LogP contribution >= 0.6 is 11.8 Å². The molecule has 0 amide bonds. The Morgan fingerprint density at radius 1 is 1.36 bits per heavy atom. The van der Waals surface area contributed by atoms with Crippen LogP contribution in [0.3, 0.4) is 0 Å². The van der Waals surface area contributed by atoms with Crippen molar-refractivity contribution in [1.82, 2.24) is 5.32 Å². The number of hydrogen-bond donors (Lipinski definition) is 1. The molecule has 1 N–H and O–H groups in total. The van der Waals surface area contributed by atoms with E-state index in [4.69, 9.17) is 0 Å². The summed E-state index contributed by atoms with van der Waals surface area (Å²) < 4.78 is 0. The van der Waals surface area contributed by atoms with E-state index in [0.717, 1.165) is 12.0 Å². The molecule has 0 radical (unpaired) electrons. The van der Waals surface area contributed by atoms with Crippen LogP contribution in [0.5, 0.6) is 0 Å². The molecule has 0 bridgehead atoms. The molecule has 84 valence electrons. The average Bonchev–Trinajstić information content (AvgIpc) is 2.24. The van der Waals surface area contributed by atoms with Gasteiger partial charge in [0.05, 0.1) is 0 Å². The predicted molar refractivity (Wildman–Crippen MR) is 67.0 cm³/mol. The van der Waals surface area contributed by atoms with E-state index < -0.39 is 0 Å². The molecule has 0 aliphatic heterocycles. The summed E-state index contributed by atoms with van der Waals surface area (Å²) in [7, 11) is 0. The zero-order valence-electron chi connectivity index (χ0n) is 9.72. The molecule has 2 atom stereocenters. The Labute approximate surface area is 93.4 Å². The summed E-state index contributed by atoms with van der Waals surface area (Å²) in [5.41, 5.74) is 0. The van der Waals surface area contributed by atoms with Crippen LogP contribution in [0.4, 0.5) is 0 Å². The van der Waals surface area contributed by atoms with Gasteiger partial charge in [0.15, 0.2) is 0 Å². The highest BCUT2D eigenvalue weighted by Crippen LogP contribution is 2.27. The average molecular weight is 215 g/mol. The highest BCUT2D eigenvalue weighted by molar-refractivity contribution is 7.98. The van der Waals surface area contributed by atoms with E-state index in [1.807, 2.05) is 11.8 Å². The second-order valence-electron chi connectivity index (χ2n) is 4.47. The summed E-state index contributed by atoms with van der Waals surface area (Å²) in [4.78, 5) is 0. The molecule has 1 nitrogen and oxygen atoms in total. The van der Waals surface area contributed by atoms with E-state index in [-0.39, 0.29) is 0 Å². The molecule has 14 heavy (non-hydrogen) atoms. The molecule has 2 unspecified atom stereocenters. The molecule has 0 heterocycles. The highest BCUT2D eigenvalue weighted by Gasteiger charge is 2.20. The van der Waals surface area contributed by atoms with E-state index in [2.05, 4.69) is 18.5 Å². The van der Waals surface area contributed by atoms with Gasteiger partial charge in [0.2, 0.25) is 0 Å². The quantitative estimate of drug-likeness (QED) is 0.729. The fourth-order valence-electron chi connectivity index (χ4n) is 2.37. The fourth-order valence-corrected chi connectivity index (χ4v) is 2.94. The summed E-state index contributed by atoms with van der Waals surface area (Å²) in [6.07, 6.45) is 10.7. The molecule has 1 aliphatic carbocycles. The second kappa shape index (κ2) is 7.58. The summed E-state index contributed by atoms with van der Waals surface area (Å²) in [5.74, 6) is 2.36. The van der Waals surface area contributed by atoms with Gasteiger partial charge in [-0.25, -0.2) is 0 Å². The monoisotopic (exact) mass is 215 g/mol. The van der Waals surface area contributed by atoms with Crippen molar-refractivity contribution in [2.75, 3.05) is 18.6 Å². The third-order valence-corrected chi connectivity index (χ3v) is 3.84. The van der Waals surface area contributed by atoms with Crippen LogP contribution in [0, 0.1) is 5.92 Å². The summed E-state index contributed by atoms with van der Waals surface area (Å²) >= 11 is 1.99. The van der Waals surface area contributed by atoms with Gasteiger partial charge in [0.25, 0.3) is 0 Å². The SMILES string of the molecule is CCCNC1CCCC(CCSC)C1. The van der Waals surface area contributed by atoms with Crippen molar-refractivity contribution in [3.8, 4) is 0 Å². The van der Waals surface area contributed by atoms with Crippen molar-refractivity contribution in [1.29, 1.82) is 0 Å². The maximum absolute atomic E-state index is 3.67. The van der Waals surface area contributed by atoms with Gasteiger partial charge < -0.3 is 5.32 Å². The normalized spacial score (nSPS) is 27.9. The molecule has 0 spiro atoms. The van der Waals surface area contributed by atoms with Crippen molar-refractivity contribution in [2.45, 2.75) is 51.5 Å². The minimum atomic E-state index is 0.829. The fraction of sp³-hybridized carbons (Fsp3) is 1.00. The highest BCUT2D eigenvalue weighted by atomic mass is 32.2. The van der Waals surface area contributed by atoms with E-state index in [1.54, 1.807) is 0 Å². The van der Waals surface area contributed by atoms with Crippen molar-refractivity contribution >= 4 is 11.8 Å². The third kappa shape index (κ3) is 4.70. The minimum Gasteiger partial charge on any atom is -0.314 e. The first-order chi connectivity index (χ1) is 6.86. The molecule has 0 aromatic carbocycles. The van der Waals surface area contributed by atoms with Crippen molar-refractivity contribution < 1.29 is 0 Å². The van der Waals surface area contributed by atoms with Gasteiger partial charge in [-0.3, -0.25) is 0 Å². The zero-order chi connectivity index (χ0) is 10.2. The lowest BCUT2D eigenvalue weighted by Crippen LogP contribution is -2.34. The van der Waals surface area contributed by atoms with E-state index >= 15 is 0 Å². The lowest BCUT2D eigenvalue weighted by molar-refractivity contribution is 0.281. The van der Waals surface area contributed by atoms with Gasteiger partial charge in [0, 0.05) is 6.04 Å². The number of nitrogens with one attached hydrogen (secondary N) is 1. The van der Waals surface area contributed by atoms with Crippen LogP contribution in [-0.2, 0) is 0 Å². The first kappa shape index (κ1) is 12.4. The lowest BCUT2D eigenvalue weighted by atomic mass is 9.84. The van der Waals surface area contributed by atoms with Crippen LogP contribution < -0.4 is 5.32 Å². The third-order valence-electron chi connectivity index (χ3n) is 3.20. The van der Waals surface area contributed by atoms with Crippen molar-refractivity contribution in [3.63, 3.8) is 0 Å². The summed E-state index contributed by atoms with van der Waals surface area (Å²) in [6, 6.07) is 0.829. The maximum Gasteiger partial charge on any atom is 0.00697 e. The number of rotatable bonds is 6. The van der Waals surface area contributed by atoms with Crippen LogP contribution in [0.1, 0.15) is 45.4 Å². The molecule has 1 fully saturated rings. The summed E-state index contributed by atoms with van der Waals surface area (Å²) in [6.45, 7) is 3.46. The maximum atomic E-state index is 3.67. The summed E-state index contributed by atoms with van der Waals surface area (Å²) in [5, 5.41) is 3.67. The molecule has 2 heteroatoms. The van der Waals surface area contributed by atoms with Gasteiger partial charge in [0.1, 0.15) is 0 Å². The first-order valence-electron chi connectivity index (χ1n) is 6.09. The second-order valence-corrected chi connectivity index (χ2v) is 5.45. The standard InChI is InChI=1S/C12H25NS/c1-3-8-13-12-6-4-5-11(10-12)7-9-14-2/h11-13H,3-10H2,1-2H3. The number of hydrogen-bond acceptors (Lipinski definition) is 2. The van der Waals surface area contributed by atoms with E-state index in [1.165, 1.54) is 50.8 Å². The molecule has 1 aliphatic rings. The van der Waals surface area contributed by atoms with Crippen LogP contribution in [0.15, 0.2) is 0 Å². The Morgan fingerprint density at radius 3 is 2.93 bits per heavy atom. The molecule has 1 saturated carbocycles. The van der Waals surface area contributed by atoms with Gasteiger partial charge >= 0.3 is 0 Å². The first-order valence-corrected chi connectivity index (χ1v) is 7.48. The molecule has 0 aromatic heterocycles. The topological polar surface area (TPSA) is 12.0 Å². The Morgan fingerprint density at radius 2 is 2.21 bits per heavy atom. The molecular formula is C12H25NS. The molecule has 0 aromatic rings. The Bertz CT molecular complexity index is 124.